The molecule has 112 valence electrons. The van der Waals surface area contributed by atoms with Crippen LogP contribution in [0, 0.1) is 0 Å². The van der Waals surface area contributed by atoms with Gasteiger partial charge in [-0.25, -0.2) is 4.98 Å². The number of anilines is 1. The van der Waals surface area contributed by atoms with Crippen LogP contribution in [0.2, 0.25) is 5.02 Å². The molecule has 2 heterocycles. The van der Waals surface area contributed by atoms with Crippen LogP contribution >= 0.6 is 22.9 Å². The van der Waals surface area contributed by atoms with E-state index < -0.39 is 0 Å². The van der Waals surface area contributed by atoms with Gasteiger partial charge in [-0.3, -0.25) is 4.79 Å². The number of amides is 1. The van der Waals surface area contributed by atoms with Gasteiger partial charge < -0.3 is 10.2 Å². The fourth-order valence-electron chi connectivity index (χ4n) is 2.57. The quantitative estimate of drug-likeness (QED) is 0.931. The van der Waals surface area contributed by atoms with E-state index in [9.17, 15) is 4.79 Å². The van der Waals surface area contributed by atoms with Gasteiger partial charge in [0.05, 0.1) is 15.2 Å². The molecular weight excluding hydrogens is 306 g/mol. The van der Waals surface area contributed by atoms with Gasteiger partial charge in [0.15, 0.2) is 5.13 Å². The van der Waals surface area contributed by atoms with Gasteiger partial charge in [-0.15, -0.1) is 0 Å². The third-order valence-corrected chi connectivity index (χ3v) is 5.18. The minimum Gasteiger partial charge on any atom is -0.361 e. The maximum Gasteiger partial charge on any atom is 0.224 e. The lowest BCUT2D eigenvalue weighted by Crippen LogP contribution is -2.36. The number of nitrogens with one attached hydrogen (secondary N) is 1. The van der Waals surface area contributed by atoms with Crippen molar-refractivity contribution in [2.24, 2.45) is 0 Å². The van der Waals surface area contributed by atoms with Crippen molar-refractivity contribution in [2.45, 2.75) is 25.7 Å². The highest BCUT2D eigenvalue weighted by Gasteiger charge is 2.16. The number of likely N-dealkylation sites (tertiary alicyclic amines) is 1. The normalized spacial score (nSPS) is 15.4. The molecule has 1 aliphatic rings. The summed E-state index contributed by atoms with van der Waals surface area (Å²) in [4.78, 5) is 18.5. The molecule has 6 heteroatoms. The molecule has 1 amide bonds. The Balaban J connectivity index is 1.54. The number of aromatic nitrogens is 1. The first-order valence-corrected chi connectivity index (χ1v) is 8.50. The predicted octanol–water partition coefficient (Wildman–Crippen LogP) is 3.76. The molecule has 21 heavy (non-hydrogen) atoms. The number of benzene rings is 1. The van der Waals surface area contributed by atoms with Crippen LogP contribution in [0.5, 0.6) is 0 Å². The molecule has 0 atom stereocenters. The number of carbonyl (C=O) groups is 1. The second-order valence-electron chi connectivity index (χ2n) is 5.23. The minimum atomic E-state index is 0.237. The lowest BCUT2D eigenvalue weighted by Gasteiger charge is -2.26. The van der Waals surface area contributed by atoms with Crippen LogP contribution in [-0.2, 0) is 4.79 Å². The molecule has 0 radical (unpaired) electrons. The van der Waals surface area contributed by atoms with Crippen molar-refractivity contribution >= 4 is 44.2 Å². The van der Waals surface area contributed by atoms with E-state index in [2.05, 4.69) is 10.3 Å². The Morgan fingerprint density at radius 3 is 2.90 bits per heavy atom. The van der Waals surface area contributed by atoms with Crippen LogP contribution in [0.15, 0.2) is 18.2 Å². The molecule has 2 aromatic rings. The van der Waals surface area contributed by atoms with Crippen molar-refractivity contribution in [1.82, 2.24) is 9.88 Å². The molecule has 0 aliphatic carbocycles. The standard InChI is InChI=1S/C15H18ClN3OS/c16-11-5-4-6-12-14(11)21-15(18-12)17-8-7-13(20)19-9-2-1-3-10-19/h4-6H,1-3,7-10H2,(H,17,18). The lowest BCUT2D eigenvalue weighted by atomic mass is 10.1. The van der Waals surface area contributed by atoms with Gasteiger partial charge in [0.25, 0.3) is 0 Å². The first-order chi connectivity index (χ1) is 10.2. The van der Waals surface area contributed by atoms with Gasteiger partial charge in [-0.2, -0.15) is 0 Å². The Hall–Kier alpha value is -1.33. The molecule has 1 N–H and O–H groups in total. The number of halogens is 1. The number of rotatable bonds is 4. The highest BCUT2D eigenvalue weighted by molar-refractivity contribution is 7.22. The van der Waals surface area contributed by atoms with Gasteiger partial charge in [-0.05, 0) is 31.4 Å². The van der Waals surface area contributed by atoms with Crippen LogP contribution in [0.1, 0.15) is 25.7 Å². The van der Waals surface area contributed by atoms with Crippen molar-refractivity contribution in [1.29, 1.82) is 0 Å². The van der Waals surface area contributed by atoms with Gasteiger partial charge in [0, 0.05) is 26.1 Å². The average molecular weight is 324 g/mol. The molecule has 4 nitrogen and oxygen atoms in total. The predicted molar refractivity (Wildman–Crippen MR) is 88.2 cm³/mol. The zero-order chi connectivity index (χ0) is 14.7. The zero-order valence-electron chi connectivity index (χ0n) is 11.8. The fraction of sp³-hybridized carbons (Fsp3) is 0.467. The molecular formula is C15H18ClN3OS. The SMILES string of the molecule is O=C(CCNc1nc2cccc(Cl)c2s1)N1CCCCC1. The van der Waals surface area contributed by atoms with Crippen molar-refractivity contribution in [3.05, 3.63) is 23.2 Å². The van der Waals surface area contributed by atoms with E-state index in [0.717, 1.165) is 46.3 Å². The molecule has 1 fully saturated rings. The molecule has 1 saturated heterocycles. The largest absolute Gasteiger partial charge is 0.361 e. The monoisotopic (exact) mass is 323 g/mol. The summed E-state index contributed by atoms with van der Waals surface area (Å²) in [6.07, 6.45) is 4.03. The number of hydrogen-bond acceptors (Lipinski definition) is 4. The molecule has 1 aromatic heterocycles. The molecule has 0 saturated carbocycles. The van der Waals surface area contributed by atoms with Gasteiger partial charge in [0.1, 0.15) is 0 Å². The number of fused-ring (bicyclic) bond motifs is 1. The van der Waals surface area contributed by atoms with Gasteiger partial charge >= 0.3 is 0 Å². The van der Waals surface area contributed by atoms with Crippen LogP contribution < -0.4 is 5.32 Å². The van der Waals surface area contributed by atoms with Crippen LogP contribution in [0.3, 0.4) is 0 Å². The van der Waals surface area contributed by atoms with E-state index in [0.29, 0.717) is 13.0 Å². The Bertz CT molecular complexity index is 637. The van der Waals surface area contributed by atoms with Gasteiger partial charge in [-0.1, -0.05) is 29.0 Å². The third kappa shape index (κ3) is 3.47. The van der Waals surface area contributed by atoms with E-state index in [1.807, 2.05) is 23.1 Å². The summed E-state index contributed by atoms with van der Waals surface area (Å²) in [7, 11) is 0. The molecule has 3 rings (SSSR count). The highest BCUT2D eigenvalue weighted by atomic mass is 35.5. The Labute approximate surface area is 133 Å². The number of thiazole rings is 1. The van der Waals surface area contributed by atoms with Crippen LogP contribution in [0.25, 0.3) is 10.2 Å². The molecule has 0 spiro atoms. The third-order valence-electron chi connectivity index (χ3n) is 3.69. The first kappa shape index (κ1) is 14.6. The van der Waals surface area contributed by atoms with Crippen LogP contribution in [-0.4, -0.2) is 35.4 Å². The van der Waals surface area contributed by atoms with E-state index in [1.54, 1.807) is 0 Å². The molecule has 1 aromatic carbocycles. The zero-order valence-corrected chi connectivity index (χ0v) is 13.3. The van der Waals surface area contributed by atoms with E-state index in [1.165, 1.54) is 17.8 Å². The summed E-state index contributed by atoms with van der Waals surface area (Å²) in [5, 5.41) is 4.78. The summed E-state index contributed by atoms with van der Waals surface area (Å²) in [5.74, 6) is 0.237. The number of hydrogen-bond donors (Lipinski definition) is 1. The smallest absolute Gasteiger partial charge is 0.224 e. The minimum absolute atomic E-state index is 0.237. The number of carbonyl (C=O) groups excluding carboxylic acids is 1. The van der Waals surface area contributed by atoms with E-state index in [4.69, 9.17) is 11.6 Å². The fourth-order valence-corrected chi connectivity index (χ4v) is 3.75. The number of nitrogens with zero attached hydrogens (tertiary/aromatic N) is 2. The second-order valence-corrected chi connectivity index (χ2v) is 6.63. The summed E-state index contributed by atoms with van der Waals surface area (Å²) >= 11 is 7.67. The molecule has 0 bridgehead atoms. The van der Waals surface area contributed by atoms with Crippen molar-refractivity contribution in [2.75, 3.05) is 25.0 Å². The maximum atomic E-state index is 12.1. The van der Waals surface area contributed by atoms with Gasteiger partial charge in [0.2, 0.25) is 5.91 Å². The Morgan fingerprint density at radius 1 is 1.33 bits per heavy atom. The summed E-state index contributed by atoms with van der Waals surface area (Å²) in [5.41, 5.74) is 0.900. The van der Waals surface area contributed by atoms with Crippen LogP contribution in [0.4, 0.5) is 5.13 Å². The Kier molecular flexibility index (Phi) is 4.60. The summed E-state index contributed by atoms with van der Waals surface area (Å²) in [6, 6.07) is 5.71. The van der Waals surface area contributed by atoms with Crippen molar-refractivity contribution in [3.8, 4) is 0 Å². The van der Waals surface area contributed by atoms with Crippen molar-refractivity contribution in [3.63, 3.8) is 0 Å². The Morgan fingerprint density at radius 2 is 2.14 bits per heavy atom. The highest BCUT2D eigenvalue weighted by Crippen LogP contribution is 2.31. The first-order valence-electron chi connectivity index (χ1n) is 7.31. The van der Waals surface area contributed by atoms with E-state index >= 15 is 0 Å². The summed E-state index contributed by atoms with van der Waals surface area (Å²) in [6.45, 7) is 2.44. The van der Waals surface area contributed by atoms with E-state index in [-0.39, 0.29) is 5.91 Å². The molecule has 0 unspecified atom stereocenters. The maximum absolute atomic E-state index is 12.1. The average Bonchev–Trinajstić information content (AvgIpc) is 2.92. The number of piperidine rings is 1. The second kappa shape index (κ2) is 6.62. The topological polar surface area (TPSA) is 45.2 Å². The summed E-state index contributed by atoms with van der Waals surface area (Å²) < 4.78 is 0.990. The molecule has 1 aliphatic heterocycles. The van der Waals surface area contributed by atoms with Crippen molar-refractivity contribution < 1.29 is 4.79 Å². The lowest BCUT2D eigenvalue weighted by molar-refractivity contribution is -0.131.